The van der Waals surface area contributed by atoms with Gasteiger partial charge in [0.1, 0.15) is 6.61 Å². The third-order valence-electron chi connectivity index (χ3n) is 6.86. The summed E-state index contributed by atoms with van der Waals surface area (Å²) >= 11 is 0. The van der Waals surface area contributed by atoms with Gasteiger partial charge in [-0.2, -0.15) is 0 Å². The summed E-state index contributed by atoms with van der Waals surface area (Å²) in [6, 6.07) is 10.2. The van der Waals surface area contributed by atoms with Crippen molar-refractivity contribution in [3.63, 3.8) is 0 Å². The summed E-state index contributed by atoms with van der Waals surface area (Å²) in [5.41, 5.74) is 0.444. The van der Waals surface area contributed by atoms with Gasteiger partial charge in [0.25, 0.3) is 0 Å². The van der Waals surface area contributed by atoms with Gasteiger partial charge in [-0.3, -0.25) is 0 Å². The minimum absolute atomic E-state index is 0.0617. The lowest BCUT2D eigenvalue weighted by Crippen LogP contribution is -2.41. The molecule has 4 nitrogen and oxygen atoms in total. The van der Waals surface area contributed by atoms with Crippen molar-refractivity contribution in [2.75, 3.05) is 6.61 Å². The number of ether oxygens (including phenoxy) is 1. The quantitative estimate of drug-likeness (QED) is 0.326. The summed E-state index contributed by atoms with van der Waals surface area (Å²) in [6.07, 6.45) is 4.68. The summed E-state index contributed by atoms with van der Waals surface area (Å²) in [5, 5.41) is 0.196. The van der Waals surface area contributed by atoms with Gasteiger partial charge in [0, 0.05) is 12.4 Å². The molecule has 1 aliphatic rings. The Morgan fingerprint density at radius 2 is 1.60 bits per heavy atom. The van der Waals surface area contributed by atoms with E-state index in [0.29, 0.717) is 13.2 Å². The van der Waals surface area contributed by atoms with E-state index in [4.69, 9.17) is 18.5 Å². The number of allylic oxidation sites excluding steroid dienone is 1. The second kappa shape index (κ2) is 9.60. The van der Waals surface area contributed by atoms with Crippen LogP contribution >= 0.6 is 0 Å². The van der Waals surface area contributed by atoms with Crippen LogP contribution in [-0.2, 0) is 25.1 Å². The van der Waals surface area contributed by atoms with Gasteiger partial charge >= 0.3 is 7.12 Å². The van der Waals surface area contributed by atoms with Gasteiger partial charge in [-0.25, -0.2) is 0 Å². The van der Waals surface area contributed by atoms with Gasteiger partial charge in [0.15, 0.2) is 8.32 Å². The maximum Gasteiger partial charge on any atom is 0.465 e. The fourth-order valence-corrected chi connectivity index (χ4v) is 3.99. The van der Waals surface area contributed by atoms with Crippen LogP contribution in [0.3, 0.4) is 0 Å². The molecule has 0 amide bonds. The van der Waals surface area contributed by atoms with Crippen molar-refractivity contribution in [2.45, 2.75) is 96.6 Å². The van der Waals surface area contributed by atoms with Gasteiger partial charge in [0.2, 0.25) is 0 Å². The summed E-state index contributed by atoms with van der Waals surface area (Å²) in [7, 11) is -2.10. The smallest absolute Gasteiger partial charge is 0.465 e. The molecule has 30 heavy (non-hydrogen) atoms. The molecule has 0 N–H and O–H groups in total. The van der Waals surface area contributed by atoms with E-state index in [1.807, 2.05) is 18.2 Å². The Labute approximate surface area is 185 Å². The topological polar surface area (TPSA) is 36.9 Å². The molecule has 1 heterocycles. The number of hydrogen-bond donors (Lipinski definition) is 0. The molecule has 1 aromatic carbocycles. The van der Waals surface area contributed by atoms with Crippen LogP contribution in [0, 0.1) is 0 Å². The van der Waals surface area contributed by atoms with Crippen molar-refractivity contribution in [1.29, 1.82) is 0 Å². The van der Waals surface area contributed by atoms with Crippen molar-refractivity contribution in [3.05, 3.63) is 48.2 Å². The van der Waals surface area contributed by atoms with E-state index in [-0.39, 0.29) is 29.2 Å². The minimum Gasteiger partial charge on any atom is -0.497 e. The molecule has 1 saturated heterocycles. The van der Waals surface area contributed by atoms with Gasteiger partial charge in [-0.15, -0.1) is 0 Å². The Bertz CT molecular complexity index is 679. The van der Waals surface area contributed by atoms with Gasteiger partial charge < -0.3 is 18.5 Å². The van der Waals surface area contributed by atoms with E-state index in [0.717, 1.165) is 12.0 Å². The molecule has 1 atom stereocenters. The molecule has 0 bridgehead atoms. The fraction of sp³-hybridized carbons (Fsp3) is 0.667. The standard InChI is InChI=1S/C24H41BO4Si/c1-22(2,3)30(8,9)27-18-16-21(25-28-23(4,5)24(6,7)29-25)15-17-26-19-20-13-11-10-12-14-20/h10-15,17,21H,16,18-19H2,1-9H3/b17-15+/t21-/m1/s1. The summed E-state index contributed by atoms with van der Waals surface area (Å²) in [6.45, 7) is 21.0. The molecule has 0 unspecified atom stereocenters. The molecule has 1 aliphatic heterocycles. The Hall–Kier alpha value is -1.08. The Balaban J connectivity index is 2.02. The molecule has 6 heteroatoms. The molecular weight excluding hydrogens is 391 g/mol. The number of rotatable bonds is 9. The van der Waals surface area contributed by atoms with Crippen LogP contribution < -0.4 is 0 Å². The summed E-state index contributed by atoms with van der Waals surface area (Å²) in [4.78, 5) is 0. The van der Waals surface area contributed by atoms with Crippen molar-refractivity contribution < 1.29 is 18.5 Å². The van der Waals surface area contributed by atoms with Crippen LogP contribution in [0.15, 0.2) is 42.7 Å². The molecule has 168 valence electrons. The average Bonchev–Trinajstić information content (AvgIpc) is 2.84. The third kappa shape index (κ3) is 6.46. The third-order valence-corrected chi connectivity index (χ3v) is 11.4. The molecule has 0 saturated carbocycles. The van der Waals surface area contributed by atoms with Gasteiger partial charge in [-0.05, 0) is 63.9 Å². The van der Waals surface area contributed by atoms with Crippen molar-refractivity contribution in [3.8, 4) is 0 Å². The van der Waals surface area contributed by atoms with E-state index in [1.165, 1.54) is 0 Å². The lowest BCUT2D eigenvalue weighted by molar-refractivity contribution is 0.00578. The molecule has 0 radical (unpaired) electrons. The van der Waals surface area contributed by atoms with Gasteiger partial charge in [-0.1, -0.05) is 51.1 Å². The van der Waals surface area contributed by atoms with E-state index in [1.54, 1.807) is 6.26 Å². The van der Waals surface area contributed by atoms with Gasteiger partial charge in [0.05, 0.1) is 17.5 Å². The second-order valence-electron chi connectivity index (χ2n) is 10.8. The first-order chi connectivity index (χ1) is 13.8. The van der Waals surface area contributed by atoms with Crippen LogP contribution in [0.25, 0.3) is 0 Å². The zero-order valence-electron chi connectivity index (χ0n) is 20.5. The maximum atomic E-state index is 6.42. The summed E-state index contributed by atoms with van der Waals surface area (Å²) in [5.74, 6) is 0.0617. The fourth-order valence-electron chi connectivity index (χ4n) is 2.93. The monoisotopic (exact) mass is 432 g/mol. The first-order valence-electron chi connectivity index (χ1n) is 11.1. The van der Waals surface area contributed by atoms with Crippen LogP contribution in [0.5, 0.6) is 0 Å². The summed E-state index contributed by atoms with van der Waals surface area (Å²) < 4.78 is 24.8. The zero-order chi connectivity index (χ0) is 22.6. The highest BCUT2D eigenvalue weighted by Crippen LogP contribution is 2.42. The van der Waals surface area contributed by atoms with E-state index < -0.39 is 8.32 Å². The minimum atomic E-state index is -1.79. The molecule has 0 aliphatic carbocycles. The molecular formula is C24H41BO4Si. The molecule has 1 fully saturated rings. The second-order valence-corrected chi connectivity index (χ2v) is 15.6. The SMILES string of the molecule is CC1(C)OB([C@H](/C=C/OCc2ccccc2)CCO[Si](C)(C)C(C)(C)C)OC1(C)C. The zero-order valence-corrected chi connectivity index (χ0v) is 21.5. The van der Waals surface area contributed by atoms with Crippen LogP contribution in [0.1, 0.15) is 60.5 Å². The highest BCUT2D eigenvalue weighted by molar-refractivity contribution is 6.74. The predicted octanol–water partition coefficient (Wildman–Crippen LogP) is 6.59. The van der Waals surface area contributed by atoms with Crippen LogP contribution in [-0.4, -0.2) is 33.2 Å². The normalized spacial score (nSPS) is 20.0. The molecule has 1 aromatic rings. The predicted molar refractivity (Wildman–Crippen MR) is 128 cm³/mol. The number of benzene rings is 1. The van der Waals surface area contributed by atoms with E-state index in [9.17, 15) is 0 Å². The maximum absolute atomic E-state index is 6.42. The highest BCUT2D eigenvalue weighted by Gasteiger charge is 2.53. The van der Waals surface area contributed by atoms with E-state index in [2.05, 4.69) is 79.8 Å². The van der Waals surface area contributed by atoms with E-state index >= 15 is 0 Å². The largest absolute Gasteiger partial charge is 0.497 e. The molecule has 0 spiro atoms. The first-order valence-corrected chi connectivity index (χ1v) is 14.0. The van der Waals surface area contributed by atoms with Crippen LogP contribution in [0.2, 0.25) is 23.9 Å². The van der Waals surface area contributed by atoms with Crippen molar-refractivity contribution in [1.82, 2.24) is 0 Å². The lowest BCUT2D eigenvalue weighted by Gasteiger charge is -2.36. The lowest BCUT2D eigenvalue weighted by atomic mass is 9.70. The highest BCUT2D eigenvalue weighted by atomic mass is 28.4. The Morgan fingerprint density at radius 1 is 1.03 bits per heavy atom. The van der Waals surface area contributed by atoms with Crippen molar-refractivity contribution >= 4 is 15.4 Å². The molecule has 2 rings (SSSR count). The Kier molecular flexibility index (Phi) is 8.06. The van der Waals surface area contributed by atoms with Crippen molar-refractivity contribution in [2.24, 2.45) is 0 Å². The number of hydrogen-bond acceptors (Lipinski definition) is 4. The first kappa shape index (κ1) is 25.2. The Morgan fingerprint density at radius 3 is 2.13 bits per heavy atom. The average molecular weight is 432 g/mol. The van der Waals surface area contributed by atoms with Crippen LogP contribution in [0.4, 0.5) is 0 Å². The molecule has 0 aromatic heterocycles.